The van der Waals surface area contributed by atoms with Gasteiger partial charge in [0.1, 0.15) is 11.5 Å². The van der Waals surface area contributed by atoms with Crippen LogP contribution in [0.3, 0.4) is 0 Å². The van der Waals surface area contributed by atoms with Gasteiger partial charge in [-0.25, -0.2) is 4.39 Å². The molecule has 3 heterocycles. The molecule has 0 aliphatic heterocycles. The maximum absolute atomic E-state index is 13.4. The Hall–Kier alpha value is -3.28. The number of halogens is 1. The van der Waals surface area contributed by atoms with Crippen LogP contribution in [0, 0.1) is 5.82 Å². The van der Waals surface area contributed by atoms with E-state index in [1.54, 1.807) is 24.5 Å². The first-order valence-corrected chi connectivity index (χ1v) is 7.01. The molecule has 23 heavy (non-hydrogen) atoms. The van der Waals surface area contributed by atoms with Crippen molar-refractivity contribution in [2.24, 2.45) is 0 Å². The van der Waals surface area contributed by atoms with Crippen molar-refractivity contribution in [2.75, 3.05) is 0 Å². The van der Waals surface area contributed by atoms with Crippen molar-refractivity contribution in [2.45, 2.75) is 0 Å². The molecular weight excluding hydrogens is 295 g/mol. The lowest BCUT2D eigenvalue weighted by atomic mass is 10.1. The van der Waals surface area contributed by atoms with E-state index in [-0.39, 0.29) is 11.4 Å². The lowest BCUT2D eigenvalue weighted by molar-refractivity contribution is 0.628. The topological polar surface area (TPSA) is 63.0 Å². The van der Waals surface area contributed by atoms with E-state index < -0.39 is 0 Å². The fourth-order valence-electron chi connectivity index (χ4n) is 2.51. The van der Waals surface area contributed by atoms with Gasteiger partial charge < -0.3 is 4.98 Å². The zero-order valence-corrected chi connectivity index (χ0v) is 11.9. The molecule has 1 N–H and O–H groups in total. The molecule has 0 saturated heterocycles. The molecule has 4 aromatic rings. The predicted octanol–water partition coefficient (Wildman–Crippen LogP) is 2.89. The summed E-state index contributed by atoms with van der Waals surface area (Å²) in [6, 6.07) is 13.0. The summed E-state index contributed by atoms with van der Waals surface area (Å²) in [5.74, 6) is -0.360. The van der Waals surface area contributed by atoms with Crippen molar-refractivity contribution in [3.8, 4) is 22.5 Å². The summed E-state index contributed by atoms with van der Waals surface area (Å²) in [4.78, 5) is 19.7. The summed E-state index contributed by atoms with van der Waals surface area (Å²) in [5.41, 5.74) is 2.77. The van der Waals surface area contributed by atoms with Crippen molar-refractivity contribution in [3.63, 3.8) is 0 Å². The maximum atomic E-state index is 13.4. The quantitative estimate of drug-likeness (QED) is 0.619. The molecule has 0 radical (unpaired) electrons. The lowest BCUT2D eigenvalue weighted by Crippen LogP contribution is -2.14. The van der Waals surface area contributed by atoms with Gasteiger partial charge in [-0.05, 0) is 24.3 Å². The zero-order chi connectivity index (χ0) is 15.8. The van der Waals surface area contributed by atoms with Crippen LogP contribution in [0.15, 0.2) is 65.7 Å². The Morgan fingerprint density at radius 1 is 1.09 bits per heavy atom. The number of rotatable bonds is 2. The molecule has 0 atom stereocenters. The van der Waals surface area contributed by atoms with Crippen LogP contribution in [-0.4, -0.2) is 19.6 Å². The van der Waals surface area contributed by atoms with E-state index in [0.717, 1.165) is 0 Å². The Morgan fingerprint density at radius 2 is 2.00 bits per heavy atom. The number of aromatic nitrogens is 4. The van der Waals surface area contributed by atoms with E-state index in [4.69, 9.17) is 0 Å². The summed E-state index contributed by atoms with van der Waals surface area (Å²) >= 11 is 0. The predicted molar refractivity (Wildman–Crippen MR) is 84.4 cm³/mol. The first-order chi connectivity index (χ1) is 11.2. The van der Waals surface area contributed by atoms with Crippen molar-refractivity contribution >= 4 is 5.65 Å². The van der Waals surface area contributed by atoms with Gasteiger partial charge in [0.15, 0.2) is 0 Å². The van der Waals surface area contributed by atoms with Gasteiger partial charge in [-0.3, -0.25) is 9.78 Å². The number of H-pyrrole nitrogens is 1. The second-order valence-corrected chi connectivity index (χ2v) is 5.07. The number of nitrogens with zero attached hydrogens (tertiary/aromatic N) is 3. The first-order valence-electron chi connectivity index (χ1n) is 7.01. The molecule has 0 unspecified atom stereocenters. The van der Waals surface area contributed by atoms with Crippen molar-refractivity contribution in [1.29, 1.82) is 0 Å². The number of nitrogens with one attached hydrogen (secondary N) is 1. The SMILES string of the molecule is O=c1cc(-c2cccc(F)c2)[nH]c2c(-c3ccccn3)cnn12. The van der Waals surface area contributed by atoms with E-state index in [2.05, 4.69) is 15.1 Å². The molecule has 0 bridgehead atoms. The van der Waals surface area contributed by atoms with E-state index in [1.807, 2.05) is 18.2 Å². The Bertz CT molecular complexity index is 1050. The van der Waals surface area contributed by atoms with Crippen LogP contribution >= 0.6 is 0 Å². The third-order valence-electron chi connectivity index (χ3n) is 3.58. The Labute approximate surface area is 130 Å². The van der Waals surface area contributed by atoms with Crippen LogP contribution in [0.4, 0.5) is 4.39 Å². The van der Waals surface area contributed by atoms with E-state index in [9.17, 15) is 9.18 Å². The van der Waals surface area contributed by atoms with Gasteiger partial charge in [0.05, 0.1) is 23.1 Å². The van der Waals surface area contributed by atoms with Crippen LogP contribution in [0.25, 0.3) is 28.2 Å². The molecule has 4 rings (SSSR count). The van der Waals surface area contributed by atoms with Crippen LogP contribution in [0.1, 0.15) is 0 Å². The van der Waals surface area contributed by atoms with Crippen LogP contribution in [0.2, 0.25) is 0 Å². The smallest absolute Gasteiger partial charge is 0.274 e. The summed E-state index contributed by atoms with van der Waals surface area (Å²) in [7, 11) is 0. The second-order valence-electron chi connectivity index (χ2n) is 5.07. The molecule has 0 aliphatic rings. The van der Waals surface area contributed by atoms with Crippen molar-refractivity contribution in [1.82, 2.24) is 19.6 Å². The monoisotopic (exact) mass is 306 g/mol. The van der Waals surface area contributed by atoms with Gasteiger partial charge in [-0.15, -0.1) is 0 Å². The van der Waals surface area contributed by atoms with Gasteiger partial charge in [0, 0.05) is 17.8 Å². The average molecular weight is 306 g/mol. The molecule has 0 aliphatic carbocycles. The third kappa shape index (κ3) is 2.30. The molecule has 3 aromatic heterocycles. The first kappa shape index (κ1) is 13.4. The Morgan fingerprint density at radius 3 is 2.78 bits per heavy atom. The maximum Gasteiger partial charge on any atom is 0.274 e. The summed E-state index contributed by atoms with van der Waals surface area (Å²) in [5, 5.41) is 4.11. The molecule has 0 saturated carbocycles. The molecule has 0 amide bonds. The minimum absolute atomic E-state index is 0.291. The molecule has 112 valence electrons. The van der Waals surface area contributed by atoms with E-state index >= 15 is 0 Å². The normalized spacial score (nSPS) is 11.0. The number of hydrogen-bond donors (Lipinski definition) is 1. The molecular formula is C17H11FN4O. The molecule has 0 spiro atoms. The second kappa shape index (κ2) is 5.17. The zero-order valence-electron chi connectivity index (χ0n) is 11.9. The van der Waals surface area contributed by atoms with Gasteiger partial charge >= 0.3 is 0 Å². The Kier molecular flexibility index (Phi) is 3.01. The summed E-state index contributed by atoms with van der Waals surface area (Å²) in [6.45, 7) is 0. The minimum atomic E-state index is -0.360. The Balaban J connectivity index is 1.98. The van der Waals surface area contributed by atoms with E-state index in [0.29, 0.717) is 28.2 Å². The average Bonchev–Trinajstić information content (AvgIpc) is 3.00. The number of fused-ring (bicyclic) bond motifs is 1. The van der Waals surface area contributed by atoms with Crippen molar-refractivity contribution < 1.29 is 4.39 Å². The number of hydrogen-bond acceptors (Lipinski definition) is 3. The third-order valence-corrected chi connectivity index (χ3v) is 3.58. The van der Waals surface area contributed by atoms with Crippen LogP contribution < -0.4 is 5.56 Å². The largest absolute Gasteiger partial charge is 0.339 e. The standard InChI is InChI=1S/C17H11FN4O/c18-12-5-3-4-11(8-12)15-9-16(23)22-17(21-15)13(10-20-22)14-6-1-2-7-19-14/h1-10,21H. The lowest BCUT2D eigenvalue weighted by Gasteiger charge is -2.04. The van der Waals surface area contributed by atoms with Crippen LogP contribution in [0.5, 0.6) is 0 Å². The highest BCUT2D eigenvalue weighted by Crippen LogP contribution is 2.23. The van der Waals surface area contributed by atoms with Crippen molar-refractivity contribution in [3.05, 3.63) is 77.1 Å². The molecule has 5 nitrogen and oxygen atoms in total. The number of aromatic amines is 1. The fourth-order valence-corrected chi connectivity index (χ4v) is 2.51. The van der Waals surface area contributed by atoms with Gasteiger partial charge in [0.25, 0.3) is 5.56 Å². The van der Waals surface area contributed by atoms with E-state index in [1.165, 1.54) is 22.7 Å². The van der Waals surface area contributed by atoms with Crippen LogP contribution in [-0.2, 0) is 0 Å². The highest BCUT2D eigenvalue weighted by Gasteiger charge is 2.12. The molecule has 1 aromatic carbocycles. The summed E-state index contributed by atoms with van der Waals surface area (Å²) < 4.78 is 14.7. The summed E-state index contributed by atoms with van der Waals surface area (Å²) in [6.07, 6.45) is 3.26. The molecule has 0 fully saturated rings. The van der Waals surface area contributed by atoms with Gasteiger partial charge in [-0.1, -0.05) is 18.2 Å². The number of pyridine rings is 1. The highest BCUT2D eigenvalue weighted by atomic mass is 19.1. The highest BCUT2D eigenvalue weighted by molar-refractivity contribution is 5.76. The number of benzene rings is 1. The van der Waals surface area contributed by atoms with Gasteiger partial charge in [0.2, 0.25) is 0 Å². The fraction of sp³-hybridized carbons (Fsp3) is 0. The molecule has 6 heteroatoms. The minimum Gasteiger partial charge on any atom is -0.339 e. The van der Waals surface area contributed by atoms with Gasteiger partial charge in [-0.2, -0.15) is 9.61 Å².